The van der Waals surface area contributed by atoms with Gasteiger partial charge in [0.15, 0.2) is 0 Å². The molecule has 48 heavy (non-hydrogen) atoms. The monoisotopic (exact) mass is 611 g/mol. The highest BCUT2D eigenvalue weighted by atomic mass is 16.3. The molecule has 10 rings (SSSR count). The van der Waals surface area contributed by atoms with Crippen LogP contribution in [0.4, 0.5) is 17.1 Å². The largest absolute Gasteiger partial charge is 0.455 e. The van der Waals surface area contributed by atoms with Gasteiger partial charge in [-0.05, 0) is 68.4 Å². The average Bonchev–Trinajstić information content (AvgIpc) is 3.54. The molecule has 0 aliphatic carbocycles. The maximum absolute atomic E-state index is 6.85. The fourth-order valence-electron chi connectivity index (χ4n) is 7.69. The van der Waals surface area contributed by atoms with Gasteiger partial charge in [0, 0.05) is 21.5 Å². The van der Waals surface area contributed by atoms with E-state index >= 15 is 0 Å². The first-order valence-electron chi connectivity index (χ1n) is 16.4. The van der Waals surface area contributed by atoms with E-state index in [0.29, 0.717) is 0 Å². The van der Waals surface area contributed by atoms with Gasteiger partial charge in [-0.15, -0.1) is 0 Å². The molecule has 1 heterocycles. The fraction of sp³-hybridized carbons (Fsp3) is 0. The summed E-state index contributed by atoms with van der Waals surface area (Å²) in [7, 11) is 0. The molecule has 1 aromatic heterocycles. The van der Waals surface area contributed by atoms with Crippen LogP contribution in [0.3, 0.4) is 0 Å². The second-order valence-corrected chi connectivity index (χ2v) is 12.5. The molecule has 0 amide bonds. The van der Waals surface area contributed by atoms with Crippen LogP contribution in [0, 0.1) is 0 Å². The van der Waals surface area contributed by atoms with Crippen molar-refractivity contribution in [2.24, 2.45) is 0 Å². The smallest absolute Gasteiger partial charge is 0.143 e. The van der Waals surface area contributed by atoms with E-state index in [1.54, 1.807) is 0 Å². The molecule has 10 aromatic rings. The first-order valence-corrected chi connectivity index (χ1v) is 16.4. The number of furan rings is 1. The van der Waals surface area contributed by atoms with Gasteiger partial charge in [0.1, 0.15) is 11.2 Å². The fourth-order valence-corrected chi connectivity index (χ4v) is 7.69. The van der Waals surface area contributed by atoms with Crippen LogP contribution in [0.15, 0.2) is 180 Å². The summed E-state index contributed by atoms with van der Waals surface area (Å²) < 4.78 is 6.85. The summed E-state index contributed by atoms with van der Waals surface area (Å²) in [5.41, 5.74) is 7.54. The molecule has 0 saturated carbocycles. The maximum Gasteiger partial charge on any atom is 0.143 e. The molecule has 9 aromatic carbocycles. The Bertz CT molecular complexity index is 2770. The third-order valence-corrected chi connectivity index (χ3v) is 9.82. The summed E-state index contributed by atoms with van der Waals surface area (Å²) in [5.74, 6) is 0. The minimum Gasteiger partial charge on any atom is -0.455 e. The van der Waals surface area contributed by atoms with Crippen molar-refractivity contribution in [1.29, 1.82) is 0 Å². The molecule has 2 heteroatoms. The van der Waals surface area contributed by atoms with Gasteiger partial charge in [-0.2, -0.15) is 0 Å². The highest BCUT2D eigenvalue weighted by molar-refractivity contribution is 6.24. The van der Waals surface area contributed by atoms with Crippen LogP contribution < -0.4 is 4.90 Å². The normalized spacial score (nSPS) is 11.8. The molecular formula is C46H29NO. The van der Waals surface area contributed by atoms with Crippen molar-refractivity contribution in [3.8, 4) is 11.1 Å². The zero-order valence-corrected chi connectivity index (χ0v) is 26.1. The Labute approximate surface area is 277 Å². The highest BCUT2D eigenvalue weighted by Gasteiger charge is 2.24. The zero-order chi connectivity index (χ0) is 31.6. The second-order valence-electron chi connectivity index (χ2n) is 12.5. The molecule has 0 radical (unpaired) electrons. The third kappa shape index (κ3) is 4.00. The molecule has 2 nitrogen and oxygen atoms in total. The predicted molar refractivity (Wildman–Crippen MR) is 204 cm³/mol. The van der Waals surface area contributed by atoms with Crippen molar-refractivity contribution in [2.75, 3.05) is 4.90 Å². The summed E-state index contributed by atoms with van der Waals surface area (Å²) in [5, 5.41) is 11.8. The van der Waals surface area contributed by atoms with Gasteiger partial charge < -0.3 is 9.32 Å². The molecule has 0 fully saturated rings. The quantitative estimate of drug-likeness (QED) is 0.197. The number of nitrogens with zero attached hydrogens (tertiary/aromatic N) is 1. The van der Waals surface area contributed by atoms with Gasteiger partial charge in [0.05, 0.1) is 22.4 Å². The molecule has 0 aliphatic heterocycles. The molecule has 0 bridgehead atoms. The number of anilines is 3. The molecule has 224 valence electrons. The molecule has 0 aliphatic rings. The summed E-state index contributed by atoms with van der Waals surface area (Å²) >= 11 is 0. The Hall–Kier alpha value is -6.38. The van der Waals surface area contributed by atoms with E-state index in [4.69, 9.17) is 4.42 Å². The van der Waals surface area contributed by atoms with E-state index in [-0.39, 0.29) is 0 Å². The Morgan fingerprint density at radius 2 is 0.812 bits per heavy atom. The second kappa shape index (κ2) is 10.6. The lowest BCUT2D eigenvalue weighted by Gasteiger charge is -2.28. The van der Waals surface area contributed by atoms with E-state index in [9.17, 15) is 0 Å². The summed E-state index contributed by atoms with van der Waals surface area (Å²) in [4.78, 5) is 2.44. The van der Waals surface area contributed by atoms with Crippen LogP contribution in [-0.2, 0) is 0 Å². The first-order chi connectivity index (χ1) is 23.8. The Morgan fingerprint density at radius 1 is 0.333 bits per heavy atom. The van der Waals surface area contributed by atoms with Gasteiger partial charge >= 0.3 is 0 Å². The first kappa shape index (κ1) is 26.8. The Kier molecular flexibility index (Phi) is 5.91. The maximum atomic E-state index is 6.85. The Morgan fingerprint density at radius 3 is 1.48 bits per heavy atom. The van der Waals surface area contributed by atoms with E-state index in [0.717, 1.165) is 44.4 Å². The molecule has 0 spiro atoms. The summed E-state index contributed by atoms with van der Waals surface area (Å²) in [6.07, 6.45) is 0. The van der Waals surface area contributed by atoms with Gasteiger partial charge in [-0.25, -0.2) is 0 Å². The number of fused-ring (bicyclic) bond motifs is 8. The van der Waals surface area contributed by atoms with Crippen LogP contribution in [0.1, 0.15) is 0 Å². The van der Waals surface area contributed by atoms with Gasteiger partial charge in [0.25, 0.3) is 0 Å². The van der Waals surface area contributed by atoms with Gasteiger partial charge in [0.2, 0.25) is 0 Å². The van der Waals surface area contributed by atoms with Crippen LogP contribution in [0.5, 0.6) is 0 Å². The molecule has 0 atom stereocenters. The summed E-state index contributed by atoms with van der Waals surface area (Å²) in [6.45, 7) is 0. The molecule has 0 saturated heterocycles. The van der Waals surface area contributed by atoms with Crippen molar-refractivity contribution in [3.63, 3.8) is 0 Å². The highest BCUT2D eigenvalue weighted by Crippen LogP contribution is 2.49. The van der Waals surface area contributed by atoms with E-state index in [1.165, 1.54) is 48.8 Å². The van der Waals surface area contributed by atoms with Crippen LogP contribution in [-0.4, -0.2) is 0 Å². The van der Waals surface area contributed by atoms with Crippen molar-refractivity contribution in [1.82, 2.24) is 0 Å². The van der Waals surface area contributed by atoms with Crippen LogP contribution >= 0.6 is 0 Å². The van der Waals surface area contributed by atoms with E-state index in [2.05, 4.69) is 181 Å². The minimum absolute atomic E-state index is 0.869. The minimum atomic E-state index is 0.869. The van der Waals surface area contributed by atoms with Crippen molar-refractivity contribution in [3.05, 3.63) is 176 Å². The number of hydrogen-bond acceptors (Lipinski definition) is 2. The SMILES string of the molecule is c1ccc2c(-c3cc4c(oc5cccc(N(c6cccc7ccccc67)c6cccc7ccccc67)c54)c4ccccc34)cccc2c1. The van der Waals surface area contributed by atoms with Crippen LogP contribution in [0.2, 0.25) is 0 Å². The molecular weight excluding hydrogens is 583 g/mol. The topological polar surface area (TPSA) is 16.4 Å². The summed E-state index contributed by atoms with van der Waals surface area (Å²) in [6, 6.07) is 63.2. The Balaban J connectivity index is 1.35. The lowest BCUT2D eigenvalue weighted by Crippen LogP contribution is -2.11. The third-order valence-electron chi connectivity index (χ3n) is 9.82. The molecule has 0 N–H and O–H groups in total. The van der Waals surface area contributed by atoms with Gasteiger partial charge in [-0.1, -0.05) is 146 Å². The molecule has 0 unspecified atom stereocenters. The number of hydrogen-bond donors (Lipinski definition) is 0. The van der Waals surface area contributed by atoms with Crippen molar-refractivity contribution >= 4 is 82.1 Å². The van der Waals surface area contributed by atoms with Crippen molar-refractivity contribution < 1.29 is 4.42 Å². The van der Waals surface area contributed by atoms with Crippen LogP contribution in [0.25, 0.3) is 76.2 Å². The lowest BCUT2D eigenvalue weighted by atomic mass is 9.92. The zero-order valence-electron chi connectivity index (χ0n) is 26.1. The number of benzene rings is 9. The van der Waals surface area contributed by atoms with E-state index in [1.807, 2.05) is 0 Å². The lowest BCUT2D eigenvalue weighted by molar-refractivity contribution is 0.672. The van der Waals surface area contributed by atoms with Crippen molar-refractivity contribution in [2.45, 2.75) is 0 Å². The predicted octanol–water partition coefficient (Wildman–Crippen LogP) is 13.3. The standard InChI is InChI=1S/C46H29NO/c1-4-19-33-30(13-1)16-9-24-36(33)39-29-40-45-43(27-12-28-44(45)48-46(40)38-23-8-7-22-37(38)39)47(41-25-10-17-31-14-2-5-20-34(31)41)42-26-11-18-32-15-3-6-21-35(32)42/h1-29H. The van der Waals surface area contributed by atoms with Gasteiger partial charge in [-0.3, -0.25) is 0 Å². The average molecular weight is 612 g/mol. The van der Waals surface area contributed by atoms with E-state index < -0.39 is 0 Å². The number of rotatable bonds is 4.